The smallest absolute Gasteiger partial charge is 0.214 e. The van der Waals surface area contributed by atoms with Crippen LogP contribution >= 0.6 is 70.6 Å². The second-order valence-electron chi connectivity index (χ2n) is 9.43. The quantitative estimate of drug-likeness (QED) is 0.0910. The molecule has 0 aliphatic heterocycles. The number of rotatable bonds is 18. The van der Waals surface area contributed by atoms with E-state index >= 15 is 0 Å². The highest BCUT2D eigenvalue weighted by Gasteiger charge is 2.23. The van der Waals surface area contributed by atoms with E-state index < -0.39 is 0 Å². The first-order valence-corrected chi connectivity index (χ1v) is 19.1. The maximum atomic E-state index is 11.6. The Morgan fingerprint density at radius 1 is 0.590 bits per heavy atom. The minimum Gasteiger partial charge on any atom is -0.282 e. The lowest BCUT2D eigenvalue weighted by Gasteiger charge is -2.26. The van der Waals surface area contributed by atoms with Gasteiger partial charge in [-0.3, -0.25) is 9.59 Å². The van der Waals surface area contributed by atoms with E-state index in [0.29, 0.717) is 11.1 Å². The standard InChI is InChI=1S/C31H40O2S6/c1-23(2)29(32)38-21-17-34-15-19-36-27-11-7-25(8-12-27)31(5,6)26-9-13-28(14-10-26)37-20-16-35-18-22-39-30(33)24(3)4/h7-14H,1,3,15-22H2,2,4-6H3. The molecule has 0 fully saturated rings. The summed E-state index contributed by atoms with van der Waals surface area (Å²) in [4.78, 5) is 25.7. The molecule has 0 radical (unpaired) electrons. The van der Waals surface area contributed by atoms with Crippen LogP contribution in [-0.2, 0) is 15.0 Å². The van der Waals surface area contributed by atoms with Crippen molar-refractivity contribution in [3.63, 3.8) is 0 Å². The Hall–Kier alpha value is -0.640. The maximum Gasteiger partial charge on any atom is 0.214 e. The molecule has 0 unspecified atom stereocenters. The molecule has 0 aliphatic rings. The molecule has 0 aliphatic carbocycles. The van der Waals surface area contributed by atoms with Crippen LogP contribution in [0, 0.1) is 0 Å². The van der Waals surface area contributed by atoms with E-state index in [2.05, 4.69) is 75.5 Å². The van der Waals surface area contributed by atoms with Gasteiger partial charge in [0, 0.05) is 61.2 Å². The molecule has 0 N–H and O–H groups in total. The molecule has 2 aromatic rings. The van der Waals surface area contributed by atoms with Gasteiger partial charge in [0.15, 0.2) is 0 Å². The van der Waals surface area contributed by atoms with Crippen molar-refractivity contribution in [1.29, 1.82) is 0 Å². The minimum absolute atomic E-state index is 0.0596. The summed E-state index contributed by atoms with van der Waals surface area (Å²) < 4.78 is 0. The van der Waals surface area contributed by atoms with Crippen LogP contribution in [0.25, 0.3) is 0 Å². The highest BCUT2D eigenvalue weighted by Crippen LogP contribution is 2.34. The number of thioether (sulfide) groups is 6. The molecular weight excluding hydrogens is 597 g/mol. The largest absolute Gasteiger partial charge is 0.282 e. The van der Waals surface area contributed by atoms with Crippen LogP contribution < -0.4 is 0 Å². The summed E-state index contributed by atoms with van der Waals surface area (Å²) >= 11 is 10.3. The van der Waals surface area contributed by atoms with Gasteiger partial charge in [-0.2, -0.15) is 23.5 Å². The van der Waals surface area contributed by atoms with Crippen molar-refractivity contribution < 1.29 is 9.59 Å². The first kappa shape index (κ1) is 34.6. The molecule has 212 valence electrons. The highest BCUT2D eigenvalue weighted by atomic mass is 32.2. The summed E-state index contributed by atoms with van der Waals surface area (Å²) in [6.07, 6.45) is 0. The predicted molar refractivity (Wildman–Crippen MR) is 186 cm³/mol. The van der Waals surface area contributed by atoms with Gasteiger partial charge in [-0.15, -0.1) is 23.5 Å². The third-order valence-corrected chi connectivity index (χ3v) is 12.8. The Bertz CT molecular complexity index is 992. The number of carbonyl (C=O) groups is 2. The summed E-state index contributed by atoms with van der Waals surface area (Å²) in [5.74, 6) is 7.98. The number of hydrogen-bond donors (Lipinski definition) is 0. The fourth-order valence-electron chi connectivity index (χ4n) is 3.38. The van der Waals surface area contributed by atoms with Crippen LogP contribution in [0.2, 0.25) is 0 Å². The molecule has 0 aromatic heterocycles. The van der Waals surface area contributed by atoms with Crippen molar-refractivity contribution in [3.05, 3.63) is 84.0 Å². The Balaban J connectivity index is 1.70. The van der Waals surface area contributed by atoms with Gasteiger partial charge in [0.25, 0.3) is 0 Å². The van der Waals surface area contributed by atoms with Crippen LogP contribution in [0.4, 0.5) is 0 Å². The van der Waals surface area contributed by atoms with Crippen molar-refractivity contribution in [2.45, 2.75) is 42.9 Å². The molecule has 39 heavy (non-hydrogen) atoms. The molecule has 2 nitrogen and oxygen atoms in total. The molecule has 0 saturated heterocycles. The average Bonchev–Trinajstić information content (AvgIpc) is 2.92. The van der Waals surface area contributed by atoms with Crippen molar-refractivity contribution in [2.75, 3.05) is 46.0 Å². The summed E-state index contributed by atoms with van der Waals surface area (Å²) in [6, 6.07) is 18.0. The summed E-state index contributed by atoms with van der Waals surface area (Å²) in [5.41, 5.74) is 3.84. The molecule has 2 aromatic carbocycles. The van der Waals surface area contributed by atoms with Gasteiger partial charge in [-0.25, -0.2) is 0 Å². The van der Waals surface area contributed by atoms with Crippen LogP contribution in [0.5, 0.6) is 0 Å². The molecule has 0 heterocycles. The van der Waals surface area contributed by atoms with E-state index in [0.717, 1.165) is 46.0 Å². The van der Waals surface area contributed by atoms with Crippen LogP contribution in [0.1, 0.15) is 38.8 Å². The highest BCUT2D eigenvalue weighted by molar-refractivity contribution is 8.15. The molecule has 2 rings (SSSR count). The topological polar surface area (TPSA) is 34.1 Å². The van der Waals surface area contributed by atoms with Crippen LogP contribution in [-0.4, -0.2) is 56.3 Å². The van der Waals surface area contributed by atoms with Crippen LogP contribution in [0.15, 0.2) is 82.6 Å². The average molecular weight is 637 g/mol. The first-order chi connectivity index (χ1) is 18.6. The summed E-state index contributed by atoms with van der Waals surface area (Å²) in [7, 11) is 0. The third-order valence-electron chi connectivity index (χ3n) is 5.76. The number of carbonyl (C=O) groups excluding carboxylic acids is 2. The second-order valence-corrected chi connectivity index (χ2v) is 16.3. The van der Waals surface area contributed by atoms with Crippen molar-refractivity contribution in [1.82, 2.24) is 0 Å². The molecule has 8 heteroatoms. The lowest BCUT2D eigenvalue weighted by Crippen LogP contribution is -2.18. The molecule has 0 amide bonds. The summed E-state index contributed by atoms with van der Waals surface area (Å²) in [5, 5.41) is 0.211. The predicted octanol–water partition coefficient (Wildman–Crippen LogP) is 9.33. The van der Waals surface area contributed by atoms with Gasteiger partial charge in [-0.1, -0.05) is 74.8 Å². The van der Waals surface area contributed by atoms with E-state index in [1.165, 1.54) is 44.4 Å². The third kappa shape index (κ3) is 13.3. The van der Waals surface area contributed by atoms with Gasteiger partial charge >= 0.3 is 0 Å². The normalized spacial score (nSPS) is 11.4. The fourth-order valence-corrected chi connectivity index (χ4v) is 9.00. The number of benzene rings is 2. The fraction of sp³-hybridized carbons (Fsp3) is 0.419. The lowest BCUT2D eigenvalue weighted by atomic mass is 9.78. The van der Waals surface area contributed by atoms with E-state index in [1.807, 2.05) is 47.0 Å². The molecule has 0 atom stereocenters. The molecule has 0 bridgehead atoms. The van der Waals surface area contributed by atoms with Gasteiger partial charge in [0.2, 0.25) is 10.2 Å². The zero-order chi connectivity index (χ0) is 28.7. The monoisotopic (exact) mass is 636 g/mol. The van der Waals surface area contributed by atoms with Crippen molar-refractivity contribution in [2.24, 2.45) is 0 Å². The number of hydrogen-bond acceptors (Lipinski definition) is 8. The Morgan fingerprint density at radius 2 is 0.923 bits per heavy atom. The Kier molecular flexibility index (Phi) is 16.6. The SMILES string of the molecule is C=C(C)C(=O)SCCSCCSc1ccc(C(C)(C)c2ccc(SCCSCCSC(=O)C(=C)C)cc2)cc1. The van der Waals surface area contributed by atoms with Gasteiger partial charge < -0.3 is 0 Å². The molecule has 0 spiro atoms. The Labute approximate surface area is 261 Å². The zero-order valence-electron chi connectivity index (χ0n) is 23.5. The zero-order valence-corrected chi connectivity index (χ0v) is 28.4. The van der Waals surface area contributed by atoms with Crippen LogP contribution in [0.3, 0.4) is 0 Å². The van der Waals surface area contributed by atoms with E-state index in [-0.39, 0.29) is 15.6 Å². The second kappa shape index (κ2) is 18.7. The first-order valence-electron chi connectivity index (χ1n) is 12.9. The van der Waals surface area contributed by atoms with Gasteiger partial charge in [-0.05, 0) is 60.4 Å². The maximum absolute atomic E-state index is 11.6. The van der Waals surface area contributed by atoms with Gasteiger partial charge in [0.05, 0.1) is 0 Å². The lowest BCUT2D eigenvalue weighted by molar-refractivity contribution is -0.108. The minimum atomic E-state index is -0.0596. The van der Waals surface area contributed by atoms with Crippen molar-refractivity contribution >= 4 is 80.8 Å². The molecular formula is C31H40O2S6. The molecule has 0 saturated carbocycles. The summed E-state index contributed by atoms with van der Waals surface area (Å²) in [6.45, 7) is 15.5. The van der Waals surface area contributed by atoms with E-state index in [9.17, 15) is 9.59 Å². The van der Waals surface area contributed by atoms with Crippen molar-refractivity contribution in [3.8, 4) is 0 Å². The van der Waals surface area contributed by atoms with Gasteiger partial charge in [0.1, 0.15) is 0 Å². The van der Waals surface area contributed by atoms with E-state index in [4.69, 9.17) is 0 Å². The Morgan fingerprint density at radius 3 is 1.26 bits per heavy atom. The van der Waals surface area contributed by atoms with E-state index in [1.54, 1.807) is 13.8 Å².